The van der Waals surface area contributed by atoms with Crippen molar-refractivity contribution in [2.45, 2.75) is 24.2 Å². The van der Waals surface area contributed by atoms with Crippen molar-refractivity contribution in [1.82, 2.24) is 20.6 Å². The Morgan fingerprint density at radius 3 is 2.86 bits per heavy atom. The van der Waals surface area contributed by atoms with Crippen LogP contribution in [0.3, 0.4) is 0 Å². The SMILES string of the molecule is CN=C(NCCCSc1nccs1)NCc1ncc(C)s1.I. The zero-order valence-corrected chi connectivity index (χ0v) is 17.3. The van der Waals surface area contributed by atoms with Crippen LogP contribution in [0.15, 0.2) is 27.1 Å². The molecule has 2 rings (SSSR count). The van der Waals surface area contributed by atoms with Gasteiger partial charge in [0.15, 0.2) is 5.96 Å². The Morgan fingerprint density at radius 2 is 2.23 bits per heavy atom. The van der Waals surface area contributed by atoms with Crippen LogP contribution in [0.5, 0.6) is 0 Å². The van der Waals surface area contributed by atoms with Gasteiger partial charge in [0, 0.05) is 42.0 Å². The average molecular weight is 469 g/mol. The highest BCUT2D eigenvalue weighted by Gasteiger charge is 2.01. The smallest absolute Gasteiger partial charge is 0.191 e. The van der Waals surface area contributed by atoms with E-state index in [1.165, 1.54) is 4.88 Å². The first kappa shape index (κ1) is 19.7. The molecule has 0 aromatic carbocycles. The standard InChI is InChI=1S/C13H19N5S3.HI/c1-10-8-17-11(21-10)9-18-12(14-2)15-4-3-6-19-13-16-5-7-20-13;/h5,7-8H,3-4,6,9H2,1-2H3,(H2,14,15,18);1H. The minimum absolute atomic E-state index is 0. The van der Waals surface area contributed by atoms with E-state index in [0.29, 0.717) is 6.54 Å². The van der Waals surface area contributed by atoms with E-state index in [4.69, 9.17) is 0 Å². The molecule has 0 aliphatic rings. The van der Waals surface area contributed by atoms with Crippen LogP contribution in [0.4, 0.5) is 0 Å². The maximum atomic E-state index is 4.32. The zero-order valence-electron chi connectivity index (χ0n) is 12.5. The molecule has 22 heavy (non-hydrogen) atoms. The number of nitrogens with one attached hydrogen (secondary N) is 2. The summed E-state index contributed by atoms with van der Waals surface area (Å²) in [6.45, 7) is 3.68. The van der Waals surface area contributed by atoms with Crippen molar-refractivity contribution in [3.63, 3.8) is 0 Å². The first-order chi connectivity index (χ1) is 10.3. The molecule has 0 aliphatic carbocycles. The quantitative estimate of drug-likeness (QED) is 0.214. The van der Waals surface area contributed by atoms with Gasteiger partial charge in [-0.05, 0) is 13.3 Å². The molecule has 122 valence electrons. The third-order valence-corrected chi connectivity index (χ3v) is 5.51. The van der Waals surface area contributed by atoms with Crippen LogP contribution in [0.25, 0.3) is 0 Å². The van der Waals surface area contributed by atoms with E-state index in [2.05, 4.69) is 32.5 Å². The number of thiazole rings is 2. The number of thioether (sulfide) groups is 1. The minimum atomic E-state index is 0. The summed E-state index contributed by atoms with van der Waals surface area (Å²) in [7, 11) is 1.78. The molecule has 0 amide bonds. The Labute approximate surface area is 160 Å². The average Bonchev–Trinajstić information content (AvgIpc) is 3.13. The fourth-order valence-corrected chi connectivity index (χ4v) is 3.96. The predicted octanol–water partition coefficient (Wildman–Crippen LogP) is 3.37. The molecule has 5 nitrogen and oxygen atoms in total. The molecule has 0 saturated carbocycles. The third kappa shape index (κ3) is 7.25. The van der Waals surface area contributed by atoms with Crippen LogP contribution < -0.4 is 10.6 Å². The lowest BCUT2D eigenvalue weighted by Crippen LogP contribution is -2.37. The third-order valence-electron chi connectivity index (χ3n) is 2.55. The van der Waals surface area contributed by atoms with Crippen molar-refractivity contribution in [2.24, 2.45) is 4.99 Å². The number of hydrogen-bond acceptors (Lipinski definition) is 6. The Balaban J connectivity index is 0.00000242. The molecule has 0 saturated heterocycles. The van der Waals surface area contributed by atoms with Gasteiger partial charge >= 0.3 is 0 Å². The van der Waals surface area contributed by atoms with E-state index in [1.807, 2.05) is 17.8 Å². The minimum Gasteiger partial charge on any atom is -0.356 e. The number of aryl methyl sites for hydroxylation is 1. The number of nitrogens with zero attached hydrogens (tertiary/aromatic N) is 3. The van der Waals surface area contributed by atoms with Crippen LogP contribution in [0.1, 0.15) is 16.3 Å². The van der Waals surface area contributed by atoms with E-state index in [0.717, 1.165) is 34.0 Å². The fraction of sp³-hybridized carbons (Fsp3) is 0.462. The lowest BCUT2D eigenvalue weighted by atomic mass is 10.5. The summed E-state index contributed by atoms with van der Waals surface area (Å²) in [4.78, 5) is 14.0. The number of aliphatic imine (C=N–C) groups is 1. The van der Waals surface area contributed by atoms with Gasteiger partial charge in [-0.25, -0.2) is 9.97 Å². The summed E-state index contributed by atoms with van der Waals surface area (Å²) in [6, 6.07) is 0. The van der Waals surface area contributed by atoms with Gasteiger partial charge in [0.25, 0.3) is 0 Å². The number of guanidine groups is 1. The molecular weight excluding hydrogens is 449 g/mol. The van der Waals surface area contributed by atoms with Crippen LogP contribution in [-0.4, -0.2) is 35.3 Å². The second-order valence-electron chi connectivity index (χ2n) is 4.22. The van der Waals surface area contributed by atoms with Gasteiger partial charge in [-0.15, -0.1) is 46.7 Å². The molecule has 2 heterocycles. The number of aromatic nitrogens is 2. The van der Waals surface area contributed by atoms with Crippen LogP contribution in [0.2, 0.25) is 0 Å². The van der Waals surface area contributed by atoms with Crippen LogP contribution >= 0.6 is 58.4 Å². The van der Waals surface area contributed by atoms with Gasteiger partial charge in [-0.1, -0.05) is 11.8 Å². The monoisotopic (exact) mass is 469 g/mol. The molecule has 0 fully saturated rings. The van der Waals surface area contributed by atoms with Gasteiger partial charge in [0.1, 0.15) is 9.35 Å². The van der Waals surface area contributed by atoms with Crippen LogP contribution in [-0.2, 0) is 6.54 Å². The van der Waals surface area contributed by atoms with E-state index in [1.54, 1.807) is 41.5 Å². The van der Waals surface area contributed by atoms with Gasteiger partial charge < -0.3 is 10.6 Å². The molecule has 9 heteroatoms. The lowest BCUT2D eigenvalue weighted by molar-refractivity contribution is 0.783. The molecule has 2 aromatic heterocycles. The van der Waals surface area contributed by atoms with Crippen molar-refractivity contribution in [3.8, 4) is 0 Å². The van der Waals surface area contributed by atoms with Gasteiger partial charge in [0.05, 0.1) is 6.54 Å². The number of hydrogen-bond donors (Lipinski definition) is 2. The van der Waals surface area contributed by atoms with E-state index < -0.39 is 0 Å². The summed E-state index contributed by atoms with van der Waals surface area (Å²) in [5.74, 6) is 1.88. The lowest BCUT2D eigenvalue weighted by Gasteiger charge is -2.10. The van der Waals surface area contributed by atoms with E-state index >= 15 is 0 Å². The van der Waals surface area contributed by atoms with Crippen molar-refractivity contribution < 1.29 is 0 Å². The summed E-state index contributed by atoms with van der Waals surface area (Å²) < 4.78 is 1.14. The maximum absolute atomic E-state index is 4.32. The second kappa shape index (κ2) is 11.2. The Hall–Kier alpha value is -0.390. The highest BCUT2D eigenvalue weighted by atomic mass is 127. The second-order valence-corrected chi connectivity index (χ2v) is 7.77. The van der Waals surface area contributed by atoms with E-state index in [9.17, 15) is 0 Å². The topological polar surface area (TPSA) is 62.2 Å². The Bertz CT molecular complexity index is 556. The zero-order chi connectivity index (χ0) is 14.9. The molecule has 0 unspecified atom stereocenters. The first-order valence-electron chi connectivity index (χ1n) is 6.66. The Morgan fingerprint density at radius 1 is 1.36 bits per heavy atom. The summed E-state index contributed by atoms with van der Waals surface area (Å²) in [6.07, 6.45) is 4.81. The highest BCUT2D eigenvalue weighted by molar-refractivity contribution is 14.0. The van der Waals surface area contributed by atoms with Crippen molar-refractivity contribution in [3.05, 3.63) is 27.7 Å². The van der Waals surface area contributed by atoms with Gasteiger partial charge in [0.2, 0.25) is 0 Å². The van der Waals surface area contributed by atoms with Crippen molar-refractivity contribution in [2.75, 3.05) is 19.3 Å². The van der Waals surface area contributed by atoms with Gasteiger partial charge in [-0.2, -0.15) is 0 Å². The molecule has 2 N–H and O–H groups in total. The first-order valence-corrected chi connectivity index (χ1v) is 9.34. The molecule has 0 atom stereocenters. The van der Waals surface area contributed by atoms with E-state index in [-0.39, 0.29) is 24.0 Å². The molecule has 0 spiro atoms. The number of halogens is 1. The van der Waals surface area contributed by atoms with Crippen LogP contribution in [0, 0.1) is 6.92 Å². The Kier molecular flexibility index (Phi) is 10.0. The maximum Gasteiger partial charge on any atom is 0.191 e. The van der Waals surface area contributed by atoms with Gasteiger partial charge in [-0.3, -0.25) is 4.99 Å². The number of rotatable bonds is 7. The fourth-order valence-electron chi connectivity index (χ4n) is 1.58. The summed E-state index contributed by atoms with van der Waals surface area (Å²) >= 11 is 5.19. The molecule has 2 aromatic rings. The summed E-state index contributed by atoms with van der Waals surface area (Å²) in [5.41, 5.74) is 0. The molecule has 0 bridgehead atoms. The predicted molar refractivity (Wildman–Crippen MR) is 108 cm³/mol. The molecule has 0 radical (unpaired) electrons. The van der Waals surface area contributed by atoms with Crippen molar-refractivity contribution in [1.29, 1.82) is 0 Å². The largest absolute Gasteiger partial charge is 0.356 e. The normalized spacial score (nSPS) is 11.1. The molecule has 0 aliphatic heterocycles. The molecular formula is C13H20IN5S3. The highest BCUT2D eigenvalue weighted by Crippen LogP contribution is 2.20. The van der Waals surface area contributed by atoms with Crippen molar-refractivity contribution >= 4 is 64.4 Å². The summed E-state index contributed by atoms with van der Waals surface area (Å²) in [5, 5.41) is 9.67.